The number of ether oxygens (including phenoxy) is 1. The Morgan fingerprint density at radius 2 is 2.07 bits per heavy atom. The number of alkyl carbamates (subject to hydrolysis) is 1. The molecular weight excluding hydrogens is 381 g/mol. The highest BCUT2D eigenvalue weighted by Crippen LogP contribution is 2.37. The SMILES string of the molecule is CC(C)OC(=O)NC1CCC(c2ncc(-c3ccc(N)cc3P=O)s2)CC1. The van der Waals surface area contributed by atoms with Crippen LogP contribution in [0, 0.1) is 0 Å². The lowest BCUT2D eigenvalue weighted by Crippen LogP contribution is -2.38. The second-order valence-electron chi connectivity index (χ2n) is 7.08. The highest BCUT2D eigenvalue weighted by Gasteiger charge is 2.26. The fraction of sp³-hybridized carbons (Fsp3) is 0.474. The number of amides is 1. The molecule has 8 heteroatoms. The lowest BCUT2D eigenvalue weighted by molar-refractivity contribution is 0.109. The molecule has 1 heterocycles. The van der Waals surface area contributed by atoms with Gasteiger partial charge in [-0.3, -0.25) is 4.57 Å². The number of benzene rings is 1. The Labute approximate surface area is 164 Å². The van der Waals surface area contributed by atoms with Crippen molar-refractivity contribution < 1.29 is 14.1 Å². The number of nitrogens with zero attached hydrogens (tertiary/aromatic N) is 1. The molecular formula is C19H24N3O3PS. The molecule has 0 atom stereocenters. The summed E-state index contributed by atoms with van der Waals surface area (Å²) in [6.07, 6.45) is 5.20. The molecule has 0 bridgehead atoms. The van der Waals surface area contributed by atoms with Crippen molar-refractivity contribution in [2.75, 3.05) is 5.73 Å². The predicted molar refractivity (Wildman–Crippen MR) is 109 cm³/mol. The van der Waals surface area contributed by atoms with Gasteiger partial charge in [0.15, 0.2) is 8.46 Å². The summed E-state index contributed by atoms with van der Waals surface area (Å²) in [4.78, 5) is 17.4. The second kappa shape index (κ2) is 8.81. The second-order valence-corrected chi connectivity index (χ2v) is 8.80. The number of nitrogens with one attached hydrogen (secondary N) is 1. The number of rotatable bonds is 5. The maximum absolute atomic E-state index is 11.7. The molecule has 0 aliphatic heterocycles. The molecule has 0 unspecified atom stereocenters. The van der Waals surface area contributed by atoms with Gasteiger partial charge in [0.1, 0.15) is 0 Å². The van der Waals surface area contributed by atoms with Gasteiger partial charge >= 0.3 is 6.09 Å². The van der Waals surface area contributed by atoms with Crippen molar-refractivity contribution in [1.29, 1.82) is 0 Å². The molecule has 1 saturated carbocycles. The monoisotopic (exact) mass is 405 g/mol. The van der Waals surface area contributed by atoms with E-state index >= 15 is 0 Å². The van der Waals surface area contributed by atoms with Crippen molar-refractivity contribution in [3.63, 3.8) is 0 Å². The first-order valence-electron chi connectivity index (χ1n) is 9.12. The normalized spacial score (nSPS) is 20.0. The van der Waals surface area contributed by atoms with E-state index in [2.05, 4.69) is 10.3 Å². The standard InChI is InChI=1S/C19H24N3O3PS/c1-11(2)25-19(23)22-14-6-3-12(4-7-14)18-21-10-17(27-18)15-8-5-13(20)9-16(15)26-24/h5,8-12,14H,3-4,6-7,20H2,1-2H3,(H,22,23). The van der Waals surface area contributed by atoms with Crippen LogP contribution in [0.2, 0.25) is 0 Å². The lowest BCUT2D eigenvalue weighted by atomic mass is 9.86. The largest absolute Gasteiger partial charge is 0.447 e. The van der Waals surface area contributed by atoms with Crippen LogP contribution in [0.25, 0.3) is 10.4 Å². The van der Waals surface area contributed by atoms with Crippen LogP contribution in [-0.4, -0.2) is 23.2 Å². The molecule has 2 aromatic rings. The van der Waals surface area contributed by atoms with Crippen molar-refractivity contribution in [3.8, 4) is 10.4 Å². The van der Waals surface area contributed by atoms with E-state index in [1.165, 1.54) is 0 Å². The third-order valence-corrected chi connectivity index (χ3v) is 6.41. The Kier molecular flexibility index (Phi) is 6.45. The van der Waals surface area contributed by atoms with E-state index in [9.17, 15) is 9.36 Å². The van der Waals surface area contributed by atoms with Gasteiger partial charge in [0.25, 0.3) is 0 Å². The van der Waals surface area contributed by atoms with E-state index in [1.54, 1.807) is 17.4 Å². The van der Waals surface area contributed by atoms with Crippen molar-refractivity contribution in [1.82, 2.24) is 10.3 Å². The van der Waals surface area contributed by atoms with Crippen LogP contribution in [-0.2, 0) is 9.30 Å². The lowest BCUT2D eigenvalue weighted by Gasteiger charge is -2.28. The molecule has 27 heavy (non-hydrogen) atoms. The predicted octanol–water partition coefficient (Wildman–Crippen LogP) is 4.47. The minimum Gasteiger partial charge on any atom is -0.447 e. The number of hydrogen-bond acceptors (Lipinski definition) is 6. The van der Waals surface area contributed by atoms with Gasteiger partial charge in [-0.1, -0.05) is 6.07 Å². The van der Waals surface area contributed by atoms with Crippen molar-refractivity contribution in [3.05, 3.63) is 29.4 Å². The number of aromatic nitrogens is 1. The third kappa shape index (κ3) is 5.05. The molecule has 3 N–H and O–H groups in total. The number of thiazole rings is 1. The number of nitrogens with two attached hydrogens (primary N) is 1. The zero-order chi connectivity index (χ0) is 19.4. The van der Waals surface area contributed by atoms with Crippen molar-refractivity contribution in [2.24, 2.45) is 0 Å². The van der Waals surface area contributed by atoms with Crippen molar-refractivity contribution >= 4 is 36.9 Å². The van der Waals surface area contributed by atoms with Crippen LogP contribution in [0.1, 0.15) is 50.5 Å². The minimum absolute atomic E-state index is 0.0445. The molecule has 6 nitrogen and oxygen atoms in total. The van der Waals surface area contributed by atoms with Crippen LogP contribution in [0.15, 0.2) is 24.4 Å². The molecule has 1 aromatic heterocycles. The number of anilines is 1. The number of hydrogen-bond donors (Lipinski definition) is 2. The average Bonchev–Trinajstić information content (AvgIpc) is 3.11. The molecule has 0 saturated heterocycles. The van der Waals surface area contributed by atoms with Gasteiger partial charge in [-0.2, -0.15) is 0 Å². The van der Waals surface area contributed by atoms with E-state index < -0.39 is 0 Å². The molecule has 1 aliphatic rings. The Morgan fingerprint density at radius 1 is 1.33 bits per heavy atom. The van der Waals surface area contributed by atoms with Crippen LogP contribution in [0.3, 0.4) is 0 Å². The molecule has 0 radical (unpaired) electrons. The summed E-state index contributed by atoms with van der Waals surface area (Å²) in [5, 5.41) is 4.73. The van der Waals surface area contributed by atoms with Crippen LogP contribution in [0.4, 0.5) is 10.5 Å². The van der Waals surface area contributed by atoms with Crippen LogP contribution in [0.5, 0.6) is 0 Å². The first-order valence-corrected chi connectivity index (χ1v) is 10.7. The molecule has 1 fully saturated rings. The van der Waals surface area contributed by atoms with E-state index in [4.69, 9.17) is 10.5 Å². The molecule has 144 valence electrons. The first kappa shape index (κ1) is 19.8. The summed E-state index contributed by atoms with van der Waals surface area (Å²) in [6, 6.07) is 5.61. The van der Waals surface area contributed by atoms with E-state index in [1.807, 2.05) is 32.2 Å². The highest BCUT2D eigenvalue weighted by molar-refractivity contribution is 7.34. The smallest absolute Gasteiger partial charge is 0.407 e. The van der Waals surface area contributed by atoms with Gasteiger partial charge in [0.2, 0.25) is 0 Å². The molecule has 0 spiro atoms. The third-order valence-electron chi connectivity index (χ3n) is 4.65. The van der Waals surface area contributed by atoms with Gasteiger partial charge in [-0.25, -0.2) is 9.78 Å². The first-order chi connectivity index (χ1) is 13.0. The van der Waals surface area contributed by atoms with Gasteiger partial charge in [0.05, 0.1) is 21.3 Å². The van der Waals surface area contributed by atoms with E-state index in [0.717, 1.165) is 41.1 Å². The summed E-state index contributed by atoms with van der Waals surface area (Å²) in [7, 11) is -0.0445. The quantitative estimate of drug-likeness (QED) is 0.565. The van der Waals surface area contributed by atoms with Gasteiger partial charge < -0.3 is 15.8 Å². The number of carbonyl (C=O) groups is 1. The van der Waals surface area contributed by atoms with Gasteiger partial charge in [-0.05, 0) is 51.7 Å². The summed E-state index contributed by atoms with van der Waals surface area (Å²) >= 11 is 1.64. The minimum atomic E-state index is -0.336. The van der Waals surface area contributed by atoms with Gasteiger partial charge in [-0.15, -0.1) is 11.3 Å². The Morgan fingerprint density at radius 3 is 2.74 bits per heavy atom. The average molecular weight is 405 g/mol. The summed E-state index contributed by atoms with van der Waals surface area (Å²) in [6.45, 7) is 3.69. The fourth-order valence-electron chi connectivity index (χ4n) is 3.33. The number of carbonyl (C=O) groups excluding carboxylic acids is 1. The zero-order valence-corrected chi connectivity index (χ0v) is 17.2. The Hall–Kier alpha value is -1.98. The topological polar surface area (TPSA) is 94.3 Å². The molecule has 1 amide bonds. The Balaban J connectivity index is 1.62. The van der Waals surface area contributed by atoms with E-state index in [0.29, 0.717) is 16.9 Å². The van der Waals surface area contributed by atoms with Gasteiger partial charge in [0, 0.05) is 29.4 Å². The molecule has 1 aliphatic carbocycles. The zero-order valence-electron chi connectivity index (χ0n) is 15.5. The maximum atomic E-state index is 11.7. The van der Waals surface area contributed by atoms with Crippen LogP contribution >= 0.6 is 19.8 Å². The maximum Gasteiger partial charge on any atom is 0.407 e. The Bertz CT molecular complexity index is 816. The summed E-state index contributed by atoms with van der Waals surface area (Å²) in [5.74, 6) is 0.393. The van der Waals surface area contributed by atoms with Crippen molar-refractivity contribution in [2.45, 2.75) is 57.6 Å². The fourth-order valence-corrected chi connectivity index (χ4v) is 5.03. The molecule has 3 rings (SSSR count). The van der Waals surface area contributed by atoms with Crippen LogP contribution < -0.4 is 16.4 Å². The molecule has 1 aromatic carbocycles. The summed E-state index contributed by atoms with van der Waals surface area (Å²) in [5.41, 5.74) is 7.30. The number of nitrogen functional groups attached to an aromatic ring is 1. The summed E-state index contributed by atoms with van der Waals surface area (Å²) < 4.78 is 16.6. The van der Waals surface area contributed by atoms with E-state index in [-0.39, 0.29) is 26.7 Å². The highest BCUT2D eigenvalue weighted by atomic mass is 32.1.